The van der Waals surface area contributed by atoms with Gasteiger partial charge in [0.05, 0.1) is 71.9 Å². The smallest absolute Gasteiger partial charge is 0.416 e. The van der Waals surface area contributed by atoms with Crippen molar-refractivity contribution in [2.24, 2.45) is 5.73 Å². The number of aromatic nitrogens is 2. The highest BCUT2D eigenvalue weighted by Crippen LogP contribution is 2.33. The van der Waals surface area contributed by atoms with Crippen molar-refractivity contribution in [3.63, 3.8) is 0 Å². The highest BCUT2D eigenvalue weighted by Gasteiger charge is 2.37. The molecule has 248 valence electrons. The van der Waals surface area contributed by atoms with Crippen LogP contribution in [0.25, 0.3) is 0 Å². The number of anilines is 1. The second-order valence-electron chi connectivity index (χ2n) is 11.2. The van der Waals surface area contributed by atoms with Crippen molar-refractivity contribution in [1.29, 1.82) is 0 Å². The first kappa shape index (κ1) is 33.6. The van der Waals surface area contributed by atoms with Crippen LogP contribution in [0.2, 0.25) is 0 Å². The first-order chi connectivity index (χ1) is 21.9. The molecule has 2 aliphatic rings. The first-order valence-electron chi connectivity index (χ1n) is 14.8. The van der Waals surface area contributed by atoms with Gasteiger partial charge in [-0.1, -0.05) is 19.1 Å². The molecule has 2 aromatic carbocycles. The third-order valence-electron chi connectivity index (χ3n) is 8.13. The Hall–Kier alpha value is -3.79. The maximum Gasteiger partial charge on any atom is 0.416 e. The number of amides is 1. The van der Waals surface area contributed by atoms with Gasteiger partial charge in [0.2, 0.25) is 5.95 Å². The number of alkyl halides is 3. The molecule has 1 aromatic heterocycles. The summed E-state index contributed by atoms with van der Waals surface area (Å²) in [6, 6.07) is 10.1. The molecule has 0 spiro atoms. The lowest BCUT2D eigenvalue weighted by Gasteiger charge is -2.26. The Bertz CT molecular complexity index is 1620. The molecule has 15 heteroatoms. The lowest BCUT2D eigenvalue weighted by molar-refractivity contribution is -0.137. The van der Waals surface area contributed by atoms with Gasteiger partial charge < -0.3 is 30.0 Å². The highest BCUT2D eigenvalue weighted by atomic mass is 32.2. The Morgan fingerprint density at radius 3 is 2.46 bits per heavy atom. The number of carbonyl (C=O) groups is 1. The number of nitrogens with two attached hydrogens (primary N) is 1. The molecule has 3 heterocycles. The van der Waals surface area contributed by atoms with Gasteiger partial charge in [0.1, 0.15) is 11.9 Å². The summed E-state index contributed by atoms with van der Waals surface area (Å²) in [7, 11) is -3.46. The van der Waals surface area contributed by atoms with Crippen LogP contribution in [0.1, 0.15) is 52.9 Å². The summed E-state index contributed by atoms with van der Waals surface area (Å²) >= 11 is 0. The second-order valence-corrected chi connectivity index (χ2v) is 13.4. The number of nitrogens with zero attached hydrogens (tertiary/aromatic N) is 3. The van der Waals surface area contributed by atoms with Crippen molar-refractivity contribution < 1.29 is 45.7 Å². The topological polar surface area (TPSA) is 154 Å². The van der Waals surface area contributed by atoms with Gasteiger partial charge in [-0.05, 0) is 48.4 Å². The lowest BCUT2D eigenvalue weighted by atomic mass is 9.93. The molecule has 3 aromatic rings. The maximum absolute atomic E-state index is 13.1. The molecule has 0 aliphatic carbocycles. The summed E-state index contributed by atoms with van der Waals surface area (Å²) in [4.78, 5) is 23.5. The summed E-state index contributed by atoms with van der Waals surface area (Å²) in [5.41, 5.74) is 5.53. The quantitative estimate of drug-likeness (QED) is 0.295. The predicted molar refractivity (Wildman–Crippen MR) is 160 cm³/mol. The van der Waals surface area contributed by atoms with Crippen molar-refractivity contribution in [3.05, 3.63) is 77.1 Å². The zero-order valence-corrected chi connectivity index (χ0v) is 25.8. The lowest BCUT2D eigenvalue weighted by Crippen LogP contribution is -2.36. The largest absolute Gasteiger partial charge is 0.489 e. The zero-order valence-electron chi connectivity index (χ0n) is 25.0. The van der Waals surface area contributed by atoms with E-state index in [-0.39, 0.29) is 58.9 Å². The molecule has 4 atom stereocenters. The number of sulfone groups is 1. The van der Waals surface area contributed by atoms with Gasteiger partial charge in [-0.25, -0.2) is 18.4 Å². The van der Waals surface area contributed by atoms with Gasteiger partial charge in [0.25, 0.3) is 5.91 Å². The van der Waals surface area contributed by atoms with E-state index in [0.29, 0.717) is 25.2 Å². The Balaban J connectivity index is 1.44. The number of rotatable bonds is 12. The van der Waals surface area contributed by atoms with E-state index in [1.54, 1.807) is 19.1 Å². The summed E-state index contributed by atoms with van der Waals surface area (Å²) < 4.78 is 81.4. The van der Waals surface area contributed by atoms with Crippen molar-refractivity contribution in [3.8, 4) is 5.75 Å². The first-order valence-corrected chi connectivity index (χ1v) is 16.4. The number of hydrogen-bond acceptors (Lipinski definition) is 10. The minimum atomic E-state index is -4.47. The van der Waals surface area contributed by atoms with Gasteiger partial charge in [-0.3, -0.25) is 4.79 Å². The average molecular weight is 665 g/mol. The van der Waals surface area contributed by atoms with Crippen LogP contribution in [0.3, 0.4) is 0 Å². The van der Waals surface area contributed by atoms with E-state index in [4.69, 9.17) is 24.9 Å². The highest BCUT2D eigenvalue weighted by molar-refractivity contribution is 7.91. The SMILES string of the molecule is CCS(=O)(=O)c1ccc([C@@H](CO)c2nc(N3C[C@H](Oc4ccc(C(F)(F)F)cc4)C[C@H]3COC3CCOC3)ncc2C(N)=O)cc1. The van der Waals surface area contributed by atoms with Crippen molar-refractivity contribution in [1.82, 2.24) is 9.97 Å². The van der Waals surface area contributed by atoms with Crippen LogP contribution in [-0.4, -0.2) is 86.4 Å². The summed E-state index contributed by atoms with van der Waals surface area (Å²) in [5.74, 6) is -1.25. The number of aliphatic hydroxyl groups excluding tert-OH is 1. The molecule has 2 fully saturated rings. The van der Waals surface area contributed by atoms with E-state index in [1.165, 1.54) is 30.5 Å². The molecule has 5 rings (SSSR count). The number of aliphatic hydroxyl groups is 1. The Kier molecular flexibility index (Phi) is 10.2. The minimum absolute atomic E-state index is 0.0132. The van der Waals surface area contributed by atoms with Crippen LogP contribution in [0, 0.1) is 0 Å². The monoisotopic (exact) mass is 664 g/mol. The maximum atomic E-state index is 13.1. The van der Waals surface area contributed by atoms with Crippen LogP contribution in [0.15, 0.2) is 59.6 Å². The fourth-order valence-electron chi connectivity index (χ4n) is 5.57. The van der Waals surface area contributed by atoms with Gasteiger partial charge >= 0.3 is 6.18 Å². The van der Waals surface area contributed by atoms with E-state index in [1.807, 2.05) is 4.90 Å². The molecule has 0 radical (unpaired) electrons. The summed E-state index contributed by atoms with van der Waals surface area (Å²) in [6.07, 6.45) is -2.57. The number of hydrogen-bond donors (Lipinski definition) is 2. The van der Waals surface area contributed by atoms with Gasteiger partial charge in [0.15, 0.2) is 9.84 Å². The summed E-state index contributed by atoms with van der Waals surface area (Å²) in [6.45, 7) is 2.63. The molecule has 2 saturated heterocycles. The average Bonchev–Trinajstić information content (AvgIpc) is 3.70. The number of benzene rings is 2. The minimum Gasteiger partial charge on any atom is -0.489 e. The van der Waals surface area contributed by atoms with Gasteiger partial charge in [-0.2, -0.15) is 13.2 Å². The Labute approximate surface area is 264 Å². The van der Waals surface area contributed by atoms with Crippen LogP contribution in [0.4, 0.5) is 19.1 Å². The fraction of sp³-hybridized carbons (Fsp3) is 0.452. The van der Waals surface area contributed by atoms with Crippen LogP contribution >= 0.6 is 0 Å². The molecular weight excluding hydrogens is 629 g/mol. The molecule has 1 unspecified atom stereocenters. The molecule has 0 saturated carbocycles. The molecule has 2 aliphatic heterocycles. The van der Waals surface area contributed by atoms with Crippen LogP contribution in [0.5, 0.6) is 5.75 Å². The number of halogens is 3. The molecule has 46 heavy (non-hydrogen) atoms. The predicted octanol–water partition coefficient (Wildman–Crippen LogP) is 3.34. The van der Waals surface area contributed by atoms with E-state index >= 15 is 0 Å². The van der Waals surface area contributed by atoms with Crippen molar-refractivity contribution in [2.45, 2.75) is 55.0 Å². The molecule has 11 nitrogen and oxygen atoms in total. The van der Waals surface area contributed by atoms with Crippen molar-refractivity contribution >= 4 is 21.7 Å². The van der Waals surface area contributed by atoms with Gasteiger partial charge in [0, 0.05) is 19.2 Å². The zero-order chi connectivity index (χ0) is 33.1. The summed E-state index contributed by atoms with van der Waals surface area (Å²) in [5, 5.41) is 10.4. The Morgan fingerprint density at radius 1 is 1.15 bits per heavy atom. The van der Waals surface area contributed by atoms with E-state index in [2.05, 4.69) is 4.98 Å². The standard InChI is InChI=1S/C31H35F3N4O7S/c1-2-46(41,42)25-9-3-19(4-10-25)27(16-39)28-26(29(35)40)14-36-30(37-28)38-15-24(13-21(38)17-44-23-11-12-43-18-23)45-22-7-5-20(6-8-22)31(32,33)34/h3-10,14,21,23-24,27,39H,2,11-13,15-18H2,1H3,(H2,35,40)/t21-,23?,24+,27+/m0/s1. The van der Waals surface area contributed by atoms with Crippen molar-refractivity contribution in [2.75, 3.05) is 43.6 Å². The molecule has 1 amide bonds. The van der Waals surface area contributed by atoms with Crippen LogP contribution in [-0.2, 0) is 25.5 Å². The fourth-order valence-corrected chi connectivity index (χ4v) is 6.46. The van der Waals surface area contributed by atoms with E-state index in [9.17, 15) is 31.5 Å². The molecular formula is C31H35F3N4O7S. The second kappa shape index (κ2) is 13.9. The molecule has 3 N–H and O–H groups in total. The van der Waals surface area contributed by atoms with E-state index in [0.717, 1.165) is 18.6 Å². The van der Waals surface area contributed by atoms with Gasteiger partial charge in [-0.15, -0.1) is 0 Å². The normalized spacial score (nSPS) is 21.0. The third kappa shape index (κ3) is 7.60. The number of carbonyl (C=O) groups excluding carboxylic acids is 1. The Morgan fingerprint density at radius 2 is 1.87 bits per heavy atom. The van der Waals surface area contributed by atoms with Crippen LogP contribution < -0.4 is 15.4 Å². The van der Waals surface area contributed by atoms with E-state index < -0.39 is 46.1 Å². The third-order valence-corrected chi connectivity index (χ3v) is 9.89. The number of primary amides is 1. The number of ether oxygens (including phenoxy) is 3. The molecule has 0 bridgehead atoms.